The summed E-state index contributed by atoms with van der Waals surface area (Å²) < 4.78 is 25.0. The fraction of sp³-hybridized carbons (Fsp3) is 0.242. The first-order valence-corrected chi connectivity index (χ1v) is 16.7. The van der Waals surface area contributed by atoms with Crippen molar-refractivity contribution in [3.63, 3.8) is 0 Å². The molecule has 0 atom stereocenters. The van der Waals surface area contributed by atoms with E-state index in [9.17, 15) is 13.2 Å². The zero-order chi connectivity index (χ0) is 30.9. The number of rotatable bonds is 14. The molecule has 2 aromatic heterocycles. The molecule has 0 aliphatic rings. The van der Waals surface area contributed by atoms with Gasteiger partial charge in [-0.25, -0.2) is 18.1 Å². The number of hydrogen-bond donors (Lipinski definition) is 4. The molecule has 9 nitrogen and oxygen atoms in total. The van der Waals surface area contributed by atoms with Gasteiger partial charge in [-0.3, -0.25) is 9.78 Å². The molecule has 0 radical (unpaired) electrons. The molecule has 0 fully saturated rings. The summed E-state index contributed by atoms with van der Waals surface area (Å²) in [7, 11) is -3.67. The molecule has 0 aliphatic heterocycles. The predicted molar refractivity (Wildman–Crippen MR) is 179 cm³/mol. The third-order valence-electron chi connectivity index (χ3n) is 7.14. The Kier molecular flexibility index (Phi) is 10.4. The van der Waals surface area contributed by atoms with Gasteiger partial charge in [-0.15, -0.1) is 0 Å². The number of sulfonamides is 1. The third kappa shape index (κ3) is 8.29. The number of anilines is 1. The van der Waals surface area contributed by atoms with Gasteiger partial charge in [0.25, 0.3) is 5.91 Å². The maximum Gasteiger partial charge on any atom is 0.264 e. The van der Waals surface area contributed by atoms with E-state index in [4.69, 9.17) is 16.6 Å². The summed E-state index contributed by atoms with van der Waals surface area (Å²) in [6, 6.07) is 23.2. The lowest BCUT2D eigenvalue weighted by Crippen LogP contribution is -2.29. The second kappa shape index (κ2) is 14.6. The van der Waals surface area contributed by atoms with Crippen molar-refractivity contribution in [1.29, 1.82) is 0 Å². The summed E-state index contributed by atoms with van der Waals surface area (Å²) in [5, 5.41) is 13.8. The molecule has 0 bridgehead atoms. The third-order valence-corrected chi connectivity index (χ3v) is 8.00. The maximum absolute atomic E-state index is 12.4. The zero-order valence-corrected chi connectivity index (χ0v) is 26.0. The highest BCUT2D eigenvalue weighted by atomic mass is 35.5. The maximum atomic E-state index is 12.4. The molecule has 0 saturated heterocycles. The largest absolute Gasteiger partial charge is 0.368 e. The molecule has 5 rings (SSSR count). The van der Waals surface area contributed by atoms with Gasteiger partial charge in [0.05, 0.1) is 11.8 Å². The molecule has 3 aromatic carbocycles. The van der Waals surface area contributed by atoms with Crippen LogP contribution in [0.25, 0.3) is 32.8 Å². The second-order valence-corrected chi connectivity index (χ2v) is 12.7. The van der Waals surface area contributed by atoms with Crippen LogP contribution in [0.4, 0.5) is 5.82 Å². The summed E-state index contributed by atoms with van der Waals surface area (Å²) in [6.45, 7) is 4.00. The second-order valence-electron chi connectivity index (χ2n) is 10.6. The minimum absolute atomic E-state index is 0.213. The summed E-state index contributed by atoms with van der Waals surface area (Å²) >= 11 is 6.54. The van der Waals surface area contributed by atoms with Gasteiger partial charge in [0.15, 0.2) is 0 Å². The van der Waals surface area contributed by atoms with Crippen LogP contribution in [0.3, 0.4) is 0 Å². The molecular weight excluding hydrogens is 596 g/mol. The number of pyridine rings is 2. The number of hydrogen-bond acceptors (Lipinski definition) is 8. The van der Waals surface area contributed by atoms with Crippen LogP contribution >= 0.6 is 11.6 Å². The number of halogens is 1. The molecule has 0 spiro atoms. The average molecular weight is 631 g/mol. The minimum atomic E-state index is -3.67. The molecule has 2 heterocycles. The first kappa shape index (κ1) is 31.3. The van der Waals surface area contributed by atoms with Gasteiger partial charge in [-0.2, -0.15) is 0 Å². The van der Waals surface area contributed by atoms with Crippen LogP contribution in [0, 0.1) is 0 Å². The van der Waals surface area contributed by atoms with Crippen molar-refractivity contribution < 1.29 is 13.2 Å². The van der Waals surface area contributed by atoms with Crippen molar-refractivity contribution in [1.82, 2.24) is 25.3 Å². The Morgan fingerprint density at radius 2 is 1.64 bits per heavy atom. The number of fused-ring (bicyclic) bond motifs is 3. The van der Waals surface area contributed by atoms with Gasteiger partial charge in [0, 0.05) is 64.3 Å². The van der Waals surface area contributed by atoms with E-state index in [2.05, 4.69) is 45.2 Å². The van der Waals surface area contributed by atoms with Gasteiger partial charge < -0.3 is 16.0 Å². The quantitative estimate of drug-likeness (QED) is 0.0954. The normalized spacial score (nSPS) is 11.6. The molecule has 0 saturated carbocycles. The smallest absolute Gasteiger partial charge is 0.264 e. The van der Waals surface area contributed by atoms with Crippen LogP contribution in [0.1, 0.15) is 28.8 Å². The molecule has 4 N–H and O–H groups in total. The highest BCUT2D eigenvalue weighted by Gasteiger charge is 2.14. The van der Waals surface area contributed by atoms with Gasteiger partial charge >= 0.3 is 0 Å². The Morgan fingerprint density at radius 3 is 2.41 bits per heavy atom. The Balaban J connectivity index is 1.06. The summed E-state index contributed by atoms with van der Waals surface area (Å²) in [6.07, 6.45) is 6.52. The minimum Gasteiger partial charge on any atom is -0.368 e. The molecule has 0 aliphatic carbocycles. The number of carbonyl (C=O) groups excluding carboxylic acids is 1. The summed E-state index contributed by atoms with van der Waals surface area (Å²) in [4.78, 5) is 21.4. The number of amides is 1. The number of carbonyl (C=O) groups is 1. The summed E-state index contributed by atoms with van der Waals surface area (Å²) in [5.74, 6) is -0.0169. The molecule has 11 heteroatoms. The number of unbranched alkanes of at least 4 members (excludes halogenated alkanes) is 1. The lowest BCUT2D eigenvalue weighted by atomic mass is 10.0. The number of nitrogens with zero attached hydrogens (tertiary/aromatic N) is 2. The van der Waals surface area contributed by atoms with E-state index >= 15 is 0 Å². The van der Waals surface area contributed by atoms with E-state index in [0.29, 0.717) is 17.9 Å². The fourth-order valence-electron chi connectivity index (χ4n) is 5.00. The molecule has 44 heavy (non-hydrogen) atoms. The van der Waals surface area contributed by atoms with Gasteiger partial charge in [-0.1, -0.05) is 60.1 Å². The van der Waals surface area contributed by atoms with Crippen molar-refractivity contribution >= 4 is 55.0 Å². The van der Waals surface area contributed by atoms with Crippen molar-refractivity contribution in [2.24, 2.45) is 0 Å². The zero-order valence-electron chi connectivity index (χ0n) is 24.4. The van der Waals surface area contributed by atoms with E-state index in [0.717, 1.165) is 83.1 Å². The number of nitrogens with one attached hydrogen (secondary N) is 4. The Hall–Kier alpha value is -4.09. The van der Waals surface area contributed by atoms with E-state index in [-0.39, 0.29) is 5.56 Å². The average Bonchev–Trinajstić information content (AvgIpc) is 3.01. The van der Waals surface area contributed by atoms with Crippen LogP contribution < -0.4 is 20.7 Å². The van der Waals surface area contributed by atoms with Crippen LogP contribution in [0.5, 0.6) is 0 Å². The Labute approximate surface area is 262 Å². The van der Waals surface area contributed by atoms with Crippen LogP contribution in [0.15, 0.2) is 85.2 Å². The highest BCUT2D eigenvalue weighted by Crippen LogP contribution is 2.30. The number of aromatic nitrogens is 2. The van der Waals surface area contributed by atoms with Crippen molar-refractivity contribution in [2.45, 2.75) is 19.4 Å². The van der Waals surface area contributed by atoms with Gasteiger partial charge in [0.2, 0.25) is 10.0 Å². The Bertz CT molecular complexity index is 1870. The predicted octanol–water partition coefficient (Wildman–Crippen LogP) is 5.36. The molecule has 0 unspecified atom stereocenters. The summed E-state index contributed by atoms with van der Waals surface area (Å²) in [5.41, 5.74) is 4.11. The first-order chi connectivity index (χ1) is 21.3. The SMILES string of the molecule is CS(=O)(=O)NC(=O)c1ccc2c(c1)nc(NCCNCCCCNCc1ccc(-c3ccccc3)c(Cl)c1)c1ccncc12. The van der Waals surface area contributed by atoms with Crippen LogP contribution in [-0.4, -0.2) is 56.7 Å². The molecule has 1 amide bonds. The van der Waals surface area contributed by atoms with Gasteiger partial charge in [-0.05, 0) is 61.3 Å². The van der Waals surface area contributed by atoms with E-state index < -0.39 is 15.9 Å². The highest BCUT2D eigenvalue weighted by molar-refractivity contribution is 7.89. The standard InChI is InChI=1S/C33H35ClN6O3S/c1-44(42,43)40-33(41)25-10-12-27-29-22-37-16-13-28(29)32(39-31(27)20-25)38-18-17-35-14-5-6-15-36-21-23-9-11-26(30(34)19-23)24-7-3-2-4-8-24/h2-4,7-13,16,19-20,22,35-36H,5-6,14-15,17-18,21H2,1H3,(H,38,39)(H,40,41). The van der Waals surface area contributed by atoms with Crippen LogP contribution in [0.2, 0.25) is 5.02 Å². The monoisotopic (exact) mass is 630 g/mol. The van der Waals surface area contributed by atoms with Gasteiger partial charge in [0.1, 0.15) is 5.82 Å². The fourth-order valence-corrected chi connectivity index (χ4v) is 5.77. The molecule has 5 aromatic rings. The molecule has 228 valence electrons. The van der Waals surface area contributed by atoms with E-state index in [1.54, 1.807) is 30.6 Å². The first-order valence-electron chi connectivity index (χ1n) is 14.5. The van der Waals surface area contributed by atoms with Crippen molar-refractivity contribution in [3.05, 3.63) is 101 Å². The van der Waals surface area contributed by atoms with Crippen LogP contribution in [-0.2, 0) is 16.6 Å². The Morgan fingerprint density at radius 1 is 0.841 bits per heavy atom. The van der Waals surface area contributed by atoms with Crippen molar-refractivity contribution in [3.8, 4) is 11.1 Å². The topological polar surface area (TPSA) is 125 Å². The van der Waals surface area contributed by atoms with E-state index in [1.807, 2.05) is 35.1 Å². The lowest BCUT2D eigenvalue weighted by Gasteiger charge is -2.13. The molecular formula is C33H35ClN6O3S. The lowest BCUT2D eigenvalue weighted by molar-refractivity contribution is 0.0981. The van der Waals surface area contributed by atoms with E-state index in [1.165, 1.54) is 0 Å². The van der Waals surface area contributed by atoms with Crippen molar-refractivity contribution in [2.75, 3.05) is 37.8 Å². The number of benzene rings is 3.